The van der Waals surface area contributed by atoms with Gasteiger partial charge < -0.3 is 14.2 Å². The van der Waals surface area contributed by atoms with E-state index in [0.29, 0.717) is 17.6 Å². The molecule has 0 spiro atoms. The first-order valence-electron chi connectivity index (χ1n) is 9.55. The lowest BCUT2D eigenvalue weighted by Gasteiger charge is -2.26. The number of carbonyl (C=O) groups is 3. The molecule has 3 atom stereocenters. The molecule has 0 aromatic heterocycles. The monoisotopic (exact) mass is 397 g/mol. The zero-order valence-corrected chi connectivity index (χ0v) is 16.8. The molecule has 29 heavy (non-hydrogen) atoms. The van der Waals surface area contributed by atoms with Crippen LogP contribution in [-0.2, 0) is 30.2 Å². The van der Waals surface area contributed by atoms with Crippen molar-refractivity contribution < 1.29 is 28.6 Å². The van der Waals surface area contributed by atoms with E-state index in [0.717, 1.165) is 16.0 Å². The van der Waals surface area contributed by atoms with Crippen molar-refractivity contribution in [1.82, 2.24) is 4.90 Å². The van der Waals surface area contributed by atoms with E-state index >= 15 is 0 Å². The molecule has 0 N–H and O–H groups in total. The molecule has 1 saturated heterocycles. The summed E-state index contributed by atoms with van der Waals surface area (Å²) in [7, 11) is 0. The summed E-state index contributed by atoms with van der Waals surface area (Å²) in [6, 6.07) is 7.86. The quantitative estimate of drug-likeness (QED) is 0.432. The fraction of sp³-hybridized carbons (Fsp3) is 0.409. The Hall–Kier alpha value is -3.09. The number of benzene rings is 1. The molecule has 1 fully saturated rings. The second-order valence-electron chi connectivity index (χ2n) is 8.44. The zero-order valence-electron chi connectivity index (χ0n) is 16.8. The summed E-state index contributed by atoms with van der Waals surface area (Å²) < 4.78 is 16.6. The van der Waals surface area contributed by atoms with Gasteiger partial charge in [-0.05, 0) is 51.3 Å². The van der Waals surface area contributed by atoms with Crippen LogP contribution in [0, 0.1) is 5.92 Å². The van der Waals surface area contributed by atoms with Crippen molar-refractivity contribution in [1.29, 1.82) is 0 Å². The average molecular weight is 397 g/mol. The minimum atomic E-state index is -0.972. The van der Waals surface area contributed by atoms with E-state index in [2.05, 4.69) is 0 Å². The lowest BCUT2D eigenvalue weighted by molar-refractivity contribution is -0.139. The Balaban J connectivity index is 1.54. The van der Waals surface area contributed by atoms with Crippen molar-refractivity contribution in [3.8, 4) is 0 Å². The molecule has 2 heterocycles. The average Bonchev–Trinajstić information content (AvgIpc) is 3.22. The third kappa shape index (κ3) is 3.41. The summed E-state index contributed by atoms with van der Waals surface area (Å²) >= 11 is 0. The summed E-state index contributed by atoms with van der Waals surface area (Å²) in [5.74, 6) is -1.07. The van der Waals surface area contributed by atoms with Crippen LogP contribution in [0.3, 0.4) is 0 Å². The number of esters is 1. The summed E-state index contributed by atoms with van der Waals surface area (Å²) in [5.41, 5.74) is 2.18. The van der Waals surface area contributed by atoms with Crippen LogP contribution in [0.25, 0.3) is 0 Å². The number of fused-ring (bicyclic) bond motifs is 3. The van der Waals surface area contributed by atoms with Gasteiger partial charge in [0, 0.05) is 11.5 Å². The van der Waals surface area contributed by atoms with Crippen molar-refractivity contribution in [3.63, 3.8) is 0 Å². The zero-order chi connectivity index (χ0) is 20.9. The standard InChI is InChI=1S/C22H23NO6/c1-12-9-17(23(19(12)24)21(26)29-22(2,3)4)27-11-16-15-10-13-7-5-6-8-14(13)18(15)28-20(16)25/h5-9,11,15,17-18H,10H2,1-4H3/b16-11+/t15-,17+,18-/m0/s1. The summed E-state index contributed by atoms with van der Waals surface area (Å²) in [6.45, 7) is 6.76. The van der Waals surface area contributed by atoms with Crippen molar-refractivity contribution in [2.75, 3.05) is 0 Å². The highest BCUT2D eigenvalue weighted by Gasteiger charge is 2.47. The molecule has 0 bridgehead atoms. The van der Waals surface area contributed by atoms with Gasteiger partial charge in [0.1, 0.15) is 11.7 Å². The molecule has 152 valence electrons. The van der Waals surface area contributed by atoms with Gasteiger partial charge in [-0.2, -0.15) is 0 Å². The van der Waals surface area contributed by atoms with Crippen LogP contribution in [0.4, 0.5) is 4.79 Å². The van der Waals surface area contributed by atoms with Gasteiger partial charge in [-0.15, -0.1) is 0 Å². The molecule has 3 aliphatic rings. The van der Waals surface area contributed by atoms with Gasteiger partial charge in [0.2, 0.25) is 6.23 Å². The topological polar surface area (TPSA) is 82.1 Å². The Kier molecular flexibility index (Phi) is 4.48. The molecular weight excluding hydrogens is 374 g/mol. The van der Waals surface area contributed by atoms with Crippen LogP contribution in [0.15, 0.2) is 47.7 Å². The van der Waals surface area contributed by atoms with Gasteiger partial charge in [-0.1, -0.05) is 24.3 Å². The van der Waals surface area contributed by atoms with Crippen molar-refractivity contribution in [2.45, 2.75) is 52.0 Å². The SMILES string of the molecule is CC1=C[C@@H](O/C=C2/C(=O)O[C@H]3c4ccccc4C[C@@H]23)N(C(=O)OC(C)(C)C)C1=O. The summed E-state index contributed by atoms with van der Waals surface area (Å²) in [6.07, 6.45) is 1.45. The number of rotatable bonds is 2. The maximum atomic E-state index is 12.5. The number of carbonyl (C=O) groups excluding carboxylic acids is 3. The van der Waals surface area contributed by atoms with E-state index in [-0.39, 0.29) is 12.0 Å². The van der Waals surface area contributed by atoms with E-state index in [1.807, 2.05) is 24.3 Å². The van der Waals surface area contributed by atoms with Crippen molar-refractivity contribution >= 4 is 18.0 Å². The molecule has 7 nitrogen and oxygen atoms in total. The number of nitrogens with zero attached hydrogens (tertiary/aromatic N) is 1. The smallest absolute Gasteiger partial charge is 0.420 e. The predicted octanol–water partition coefficient (Wildman–Crippen LogP) is 3.41. The number of imide groups is 1. The van der Waals surface area contributed by atoms with Gasteiger partial charge in [0.05, 0.1) is 11.8 Å². The molecule has 1 aromatic rings. The van der Waals surface area contributed by atoms with E-state index in [1.165, 1.54) is 12.3 Å². The largest absolute Gasteiger partial charge is 0.473 e. The predicted molar refractivity (Wildman–Crippen MR) is 102 cm³/mol. The normalized spacial score (nSPS) is 26.9. The maximum absolute atomic E-state index is 12.5. The highest BCUT2D eigenvalue weighted by Crippen LogP contribution is 2.47. The van der Waals surface area contributed by atoms with Crippen LogP contribution in [0.5, 0.6) is 0 Å². The highest BCUT2D eigenvalue weighted by atomic mass is 16.6. The Labute approximate surface area is 168 Å². The fourth-order valence-corrected chi connectivity index (χ4v) is 3.85. The molecule has 0 radical (unpaired) electrons. The number of hydrogen-bond donors (Lipinski definition) is 0. The minimum absolute atomic E-state index is 0.142. The molecule has 1 aromatic carbocycles. The van der Waals surface area contributed by atoms with Crippen molar-refractivity contribution in [2.24, 2.45) is 5.92 Å². The van der Waals surface area contributed by atoms with E-state index in [4.69, 9.17) is 14.2 Å². The molecule has 4 rings (SSSR count). The first-order valence-corrected chi connectivity index (χ1v) is 9.55. The van der Waals surface area contributed by atoms with Crippen LogP contribution in [0.2, 0.25) is 0 Å². The summed E-state index contributed by atoms with van der Waals surface area (Å²) in [5, 5.41) is 0. The summed E-state index contributed by atoms with van der Waals surface area (Å²) in [4.78, 5) is 38.2. The van der Waals surface area contributed by atoms with Crippen LogP contribution >= 0.6 is 0 Å². The van der Waals surface area contributed by atoms with E-state index in [1.54, 1.807) is 27.7 Å². The van der Waals surface area contributed by atoms with Crippen LogP contribution in [0.1, 0.15) is 44.9 Å². The molecule has 0 unspecified atom stereocenters. The Morgan fingerprint density at radius 3 is 2.69 bits per heavy atom. The third-order valence-corrected chi connectivity index (χ3v) is 5.16. The Morgan fingerprint density at radius 2 is 1.97 bits per heavy atom. The Bertz CT molecular complexity index is 954. The third-order valence-electron chi connectivity index (χ3n) is 5.16. The molecule has 2 amide bonds. The van der Waals surface area contributed by atoms with Gasteiger partial charge in [-0.25, -0.2) is 14.5 Å². The van der Waals surface area contributed by atoms with Gasteiger partial charge in [0.15, 0.2) is 0 Å². The lowest BCUT2D eigenvalue weighted by atomic mass is 9.98. The first-order chi connectivity index (χ1) is 13.7. The van der Waals surface area contributed by atoms with Gasteiger partial charge >= 0.3 is 12.1 Å². The van der Waals surface area contributed by atoms with Crippen LogP contribution < -0.4 is 0 Å². The number of ether oxygens (including phenoxy) is 3. The van der Waals surface area contributed by atoms with Gasteiger partial charge in [0.25, 0.3) is 5.91 Å². The molecule has 7 heteroatoms. The lowest BCUT2D eigenvalue weighted by Crippen LogP contribution is -2.43. The molecule has 2 aliphatic heterocycles. The van der Waals surface area contributed by atoms with Crippen LogP contribution in [-0.4, -0.2) is 34.7 Å². The maximum Gasteiger partial charge on any atom is 0.420 e. The second kappa shape index (κ2) is 6.76. The second-order valence-corrected chi connectivity index (χ2v) is 8.44. The van der Waals surface area contributed by atoms with Gasteiger partial charge in [-0.3, -0.25) is 4.79 Å². The fourth-order valence-electron chi connectivity index (χ4n) is 3.85. The molecule has 0 saturated carbocycles. The van der Waals surface area contributed by atoms with E-state index < -0.39 is 29.8 Å². The minimum Gasteiger partial charge on any atom is -0.473 e. The molecule has 1 aliphatic carbocycles. The Morgan fingerprint density at radius 1 is 1.24 bits per heavy atom. The highest BCUT2D eigenvalue weighted by molar-refractivity contribution is 6.04. The van der Waals surface area contributed by atoms with E-state index in [9.17, 15) is 14.4 Å². The molecular formula is C22H23NO6. The van der Waals surface area contributed by atoms with Crippen molar-refractivity contribution in [3.05, 3.63) is 58.9 Å². The number of hydrogen-bond acceptors (Lipinski definition) is 6. The number of amides is 2. The first kappa shape index (κ1) is 19.2.